The molecule has 0 aliphatic carbocycles. The minimum atomic E-state index is -0.407. The van der Waals surface area contributed by atoms with Crippen LogP contribution in [0.15, 0.2) is 11.4 Å². The smallest absolute Gasteiger partial charge is 0.237 e. The Hall–Kier alpha value is -0.370. The number of amides is 1. The van der Waals surface area contributed by atoms with Gasteiger partial charge in [-0.3, -0.25) is 9.69 Å². The van der Waals surface area contributed by atoms with Gasteiger partial charge in [-0.25, -0.2) is 0 Å². The van der Waals surface area contributed by atoms with Crippen molar-refractivity contribution in [2.75, 3.05) is 26.3 Å². The van der Waals surface area contributed by atoms with E-state index in [4.69, 9.17) is 10.5 Å². The zero-order valence-electron chi connectivity index (χ0n) is 14.6. The van der Waals surface area contributed by atoms with E-state index in [9.17, 15) is 4.79 Å². The molecule has 25 heavy (non-hydrogen) atoms. The number of fused-ring (bicyclic) bond motifs is 1. The SMILES string of the molecule is CC(CNC(=O)C(N)C1CCOCC1)N1CCc2sccc2C1.Cl.Cl. The van der Waals surface area contributed by atoms with Crippen LogP contribution in [0.2, 0.25) is 0 Å². The summed E-state index contributed by atoms with van der Waals surface area (Å²) >= 11 is 1.85. The van der Waals surface area contributed by atoms with Crippen LogP contribution in [0.4, 0.5) is 0 Å². The Labute approximate surface area is 166 Å². The second-order valence-electron chi connectivity index (χ2n) is 6.66. The number of nitrogens with two attached hydrogens (primary N) is 1. The molecule has 1 saturated heterocycles. The Bertz CT molecular complexity index is 538. The highest BCUT2D eigenvalue weighted by molar-refractivity contribution is 7.10. The number of nitrogens with zero attached hydrogens (tertiary/aromatic N) is 1. The third-order valence-electron chi connectivity index (χ3n) is 5.11. The fourth-order valence-electron chi connectivity index (χ4n) is 3.43. The number of carbonyl (C=O) groups is 1. The van der Waals surface area contributed by atoms with Crippen molar-refractivity contribution in [2.45, 2.75) is 44.8 Å². The van der Waals surface area contributed by atoms with Gasteiger partial charge in [0.05, 0.1) is 6.04 Å². The van der Waals surface area contributed by atoms with Crippen molar-refractivity contribution in [3.63, 3.8) is 0 Å². The average Bonchev–Trinajstić information content (AvgIpc) is 3.07. The Morgan fingerprint density at radius 1 is 1.44 bits per heavy atom. The van der Waals surface area contributed by atoms with E-state index in [-0.39, 0.29) is 36.6 Å². The topological polar surface area (TPSA) is 67.6 Å². The van der Waals surface area contributed by atoms with Gasteiger partial charge in [0.2, 0.25) is 5.91 Å². The molecule has 0 radical (unpaired) electrons. The lowest BCUT2D eigenvalue weighted by Crippen LogP contribution is -2.51. The zero-order valence-corrected chi connectivity index (χ0v) is 17.1. The van der Waals surface area contributed by atoms with Crippen LogP contribution >= 0.6 is 36.2 Å². The second kappa shape index (κ2) is 10.7. The van der Waals surface area contributed by atoms with Gasteiger partial charge in [-0.15, -0.1) is 36.2 Å². The molecule has 1 aromatic rings. The molecular weight excluding hydrogens is 381 g/mol. The maximum atomic E-state index is 12.3. The Morgan fingerprint density at radius 2 is 2.16 bits per heavy atom. The lowest BCUT2D eigenvalue weighted by molar-refractivity contribution is -0.124. The number of nitrogens with one attached hydrogen (secondary N) is 1. The number of hydrogen-bond donors (Lipinski definition) is 2. The van der Waals surface area contributed by atoms with Crippen molar-refractivity contribution in [3.05, 3.63) is 21.9 Å². The van der Waals surface area contributed by atoms with Crippen LogP contribution in [-0.2, 0) is 22.5 Å². The summed E-state index contributed by atoms with van der Waals surface area (Å²) < 4.78 is 5.34. The van der Waals surface area contributed by atoms with Gasteiger partial charge in [-0.1, -0.05) is 0 Å². The average molecular weight is 410 g/mol. The van der Waals surface area contributed by atoms with Crippen LogP contribution in [0.3, 0.4) is 0 Å². The highest BCUT2D eigenvalue weighted by Crippen LogP contribution is 2.25. The molecule has 3 rings (SSSR count). The predicted molar refractivity (Wildman–Crippen MR) is 107 cm³/mol. The van der Waals surface area contributed by atoms with Crippen LogP contribution in [0.5, 0.6) is 0 Å². The highest BCUT2D eigenvalue weighted by atomic mass is 35.5. The molecule has 3 N–H and O–H groups in total. The van der Waals surface area contributed by atoms with Crippen LogP contribution in [0.25, 0.3) is 0 Å². The maximum Gasteiger partial charge on any atom is 0.237 e. The standard InChI is InChI=1S/C17H27N3O2S.2ClH/c1-12(20-6-2-15-14(11-20)5-9-23-15)10-19-17(21)16(18)13-3-7-22-8-4-13;;/h5,9,12-13,16H,2-4,6-8,10-11,18H2,1H3,(H,19,21);2*1H. The number of halogens is 2. The molecule has 1 amide bonds. The van der Waals surface area contributed by atoms with Gasteiger partial charge in [0.1, 0.15) is 0 Å². The molecule has 3 heterocycles. The maximum absolute atomic E-state index is 12.3. The van der Waals surface area contributed by atoms with Gasteiger partial charge in [0.25, 0.3) is 0 Å². The minimum Gasteiger partial charge on any atom is -0.381 e. The third-order valence-corrected chi connectivity index (χ3v) is 6.13. The summed E-state index contributed by atoms with van der Waals surface area (Å²) in [6.07, 6.45) is 2.89. The van der Waals surface area contributed by atoms with E-state index in [2.05, 4.69) is 28.6 Å². The first kappa shape index (κ1) is 22.7. The summed E-state index contributed by atoms with van der Waals surface area (Å²) in [6, 6.07) is 2.14. The van der Waals surface area contributed by atoms with Gasteiger partial charge in [-0.05, 0) is 49.1 Å². The molecule has 0 spiro atoms. The summed E-state index contributed by atoms with van der Waals surface area (Å²) in [5.41, 5.74) is 7.57. The summed E-state index contributed by atoms with van der Waals surface area (Å²) in [4.78, 5) is 16.2. The van der Waals surface area contributed by atoms with Gasteiger partial charge in [0, 0.05) is 43.8 Å². The first-order chi connectivity index (χ1) is 11.1. The van der Waals surface area contributed by atoms with E-state index < -0.39 is 6.04 Å². The van der Waals surface area contributed by atoms with E-state index in [1.165, 1.54) is 10.4 Å². The van der Waals surface area contributed by atoms with Crippen molar-refractivity contribution in [3.8, 4) is 0 Å². The molecule has 2 aliphatic heterocycles. The summed E-state index contributed by atoms with van der Waals surface area (Å²) in [5.74, 6) is 0.236. The number of ether oxygens (including phenoxy) is 1. The van der Waals surface area contributed by atoms with Crippen LogP contribution in [-0.4, -0.2) is 49.2 Å². The van der Waals surface area contributed by atoms with Crippen molar-refractivity contribution >= 4 is 42.1 Å². The molecule has 0 saturated carbocycles. The number of thiophene rings is 1. The van der Waals surface area contributed by atoms with Crippen molar-refractivity contribution < 1.29 is 9.53 Å². The molecule has 0 aromatic carbocycles. The lowest BCUT2D eigenvalue weighted by Gasteiger charge is -2.33. The summed E-state index contributed by atoms with van der Waals surface area (Å²) in [6.45, 7) is 6.34. The fourth-order valence-corrected chi connectivity index (χ4v) is 4.32. The molecule has 2 unspecified atom stereocenters. The summed E-state index contributed by atoms with van der Waals surface area (Å²) in [7, 11) is 0. The molecule has 2 atom stereocenters. The van der Waals surface area contributed by atoms with Crippen LogP contribution in [0.1, 0.15) is 30.2 Å². The van der Waals surface area contributed by atoms with Crippen molar-refractivity contribution in [2.24, 2.45) is 11.7 Å². The number of hydrogen-bond acceptors (Lipinski definition) is 5. The molecule has 1 aromatic heterocycles. The normalized spacial score (nSPS) is 20.6. The second-order valence-corrected chi connectivity index (χ2v) is 7.66. The fraction of sp³-hybridized carbons (Fsp3) is 0.706. The molecule has 5 nitrogen and oxygen atoms in total. The van der Waals surface area contributed by atoms with Crippen LogP contribution in [0, 0.1) is 5.92 Å². The molecule has 1 fully saturated rings. The van der Waals surface area contributed by atoms with E-state index in [1.54, 1.807) is 0 Å². The first-order valence-electron chi connectivity index (χ1n) is 8.55. The molecular formula is C17H29Cl2N3O2S. The van der Waals surface area contributed by atoms with Gasteiger partial charge >= 0.3 is 0 Å². The predicted octanol–water partition coefficient (Wildman–Crippen LogP) is 2.21. The largest absolute Gasteiger partial charge is 0.381 e. The Kier molecular flexibility index (Phi) is 9.70. The first-order valence-corrected chi connectivity index (χ1v) is 9.43. The molecule has 8 heteroatoms. The lowest BCUT2D eigenvalue weighted by atomic mass is 9.92. The van der Waals surface area contributed by atoms with E-state index in [0.29, 0.717) is 12.6 Å². The number of carbonyl (C=O) groups excluding carboxylic acids is 1. The Balaban J connectivity index is 0.00000156. The van der Waals surface area contributed by atoms with Gasteiger partial charge in [-0.2, -0.15) is 0 Å². The molecule has 144 valence electrons. The van der Waals surface area contributed by atoms with Crippen LogP contribution < -0.4 is 11.1 Å². The van der Waals surface area contributed by atoms with Crippen molar-refractivity contribution in [1.82, 2.24) is 10.2 Å². The van der Waals surface area contributed by atoms with E-state index in [0.717, 1.165) is 45.6 Å². The third kappa shape index (κ3) is 5.81. The summed E-state index contributed by atoms with van der Waals surface area (Å²) in [5, 5.41) is 5.22. The minimum absolute atomic E-state index is 0. The highest BCUT2D eigenvalue weighted by Gasteiger charge is 2.27. The van der Waals surface area contributed by atoms with Gasteiger partial charge in [0.15, 0.2) is 0 Å². The Morgan fingerprint density at radius 3 is 2.88 bits per heavy atom. The molecule has 0 bridgehead atoms. The van der Waals surface area contributed by atoms with Crippen molar-refractivity contribution in [1.29, 1.82) is 0 Å². The zero-order chi connectivity index (χ0) is 16.2. The van der Waals surface area contributed by atoms with Gasteiger partial charge < -0.3 is 15.8 Å². The quantitative estimate of drug-likeness (QED) is 0.781. The van der Waals surface area contributed by atoms with E-state index in [1.807, 2.05) is 11.3 Å². The monoisotopic (exact) mass is 409 g/mol. The molecule has 2 aliphatic rings. The number of rotatable bonds is 5. The van der Waals surface area contributed by atoms with E-state index >= 15 is 0 Å².